The van der Waals surface area contributed by atoms with Crippen molar-refractivity contribution in [2.24, 2.45) is 0 Å². The number of carbonyl (C=O) groups is 1. The van der Waals surface area contributed by atoms with Crippen LogP contribution in [0.1, 0.15) is 22.3 Å². The number of hydrogen-bond acceptors (Lipinski definition) is 5. The second-order valence-corrected chi connectivity index (χ2v) is 11.6. The van der Waals surface area contributed by atoms with Crippen LogP contribution in [0.2, 0.25) is 15.1 Å². The highest BCUT2D eigenvalue weighted by atomic mass is 35.5. The molecule has 1 fully saturated rings. The highest BCUT2D eigenvalue weighted by Crippen LogP contribution is 2.34. The van der Waals surface area contributed by atoms with Crippen LogP contribution in [0, 0.1) is 6.92 Å². The van der Waals surface area contributed by atoms with Gasteiger partial charge in [0.2, 0.25) is 11.8 Å². The number of aryl methyl sites for hydroxylation is 1. The van der Waals surface area contributed by atoms with Crippen LogP contribution in [0.25, 0.3) is 6.08 Å². The zero-order valence-electron chi connectivity index (χ0n) is 23.8. The molecule has 9 heteroatoms. The summed E-state index contributed by atoms with van der Waals surface area (Å²) in [5.74, 6) is 1.56. The van der Waals surface area contributed by atoms with Crippen molar-refractivity contribution < 1.29 is 14.3 Å². The highest BCUT2D eigenvalue weighted by Gasteiger charge is 2.20. The fraction of sp³-hybridized carbons (Fsp3) is 0.235. The van der Waals surface area contributed by atoms with Crippen molar-refractivity contribution in [2.75, 3.05) is 32.8 Å². The van der Waals surface area contributed by atoms with Gasteiger partial charge in [0.15, 0.2) is 5.75 Å². The number of aromatic nitrogens is 1. The number of rotatable bonds is 10. The van der Waals surface area contributed by atoms with E-state index in [4.69, 9.17) is 44.3 Å². The molecule has 0 unspecified atom stereocenters. The number of halogens is 3. The van der Waals surface area contributed by atoms with E-state index in [1.807, 2.05) is 72.5 Å². The first-order valence-corrected chi connectivity index (χ1v) is 15.2. The maximum absolute atomic E-state index is 12.9. The van der Waals surface area contributed by atoms with Crippen molar-refractivity contribution in [2.45, 2.75) is 19.9 Å². The van der Waals surface area contributed by atoms with Crippen LogP contribution in [0.4, 0.5) is 0 Å². The van der Waals surface area contributed by atoms with E-state index in [2.05, 4.69) is 9.88 Å². The number of piperazine rings is 1. The normalized spacial score (nSPS) is 13.8. The third kappa shape index (κ3) is 8.97. The monoisotopic (exact) mass is 635 g/mol. The summed E-state index contributed by atoms with van der Waals surface area (Å²) in [6.07, 6.45) is 5.78. The van der Waals surface area contributed by atoms with Gasteiger partial charge in [-0.25, -0.2) is 4.98 Å². The molecule has 5 rings (SSSR count). The summed E-state index contributed by atoms with van der Waals surface area (Å²) >= 11 is 18.5. The summed E-state index contributed by atoms with van der Waals surface area (Å²) in [6, 6.07) is 22.9. The molecule has 4 aromatic rings. The molecule has 2 heterocycles. The van der Waals surface area contributed by atoms with E-state index in [-0.39, 0.29) is 5.91 Å². The van der Waals surface area contributed by atoms with Crippen LogP contribution < -0.4 is 9.47 Å². The van der Waals surface area contributed by atoms with E-state index in [1.54, 1.807) is 30.5 Å². The molecule has 0 radical (unpaired) electrons. The predicted molar refractivity (Wildman–Crippen MR) is 173 cm³/mol. The van der Waals surface area contributed by atoms with Crippen molar-refractivity contribution >= 4 is 46.8 Å². The van der Waals surface area contributed by atoms with E-state index >= 15 is 0 Å². The molecule has 1 amide bonds. The number of pyridine rings is 1. The standard InChI is InChI=1S/C34H32Cl3N3O3/c1-24-20-27(6-13-33(41)40-17-15-39(16-18-40)23-26-4-9-29(36)10-5-26)21-31(37)34(24)43-32-12-11-30(22-38-32)42-19-14-25-2-7-28(35)8-3-25/h2-13,20-22H,14-19,23H2,1H3/b13-6+. The van der Waals surface area contributed by atoms with Crippen LogP contribution >= 0.6 is 34.8 Å². The largest absolute Gasteiger partial charge is 0.492 e. The second kappa shape index (κ2) is 14.8. The Balaban J connectivity index is 1.10. The molecule has 222 valence electrons. The molecule has 0 bridgehead atoms. The lowest BCUT2D eigenvalue weighted by molar-refractivity contribution is -0.127. The van der Waals surface area contributed by atoms with Gasteiger partial charge >= 0.3 is 0 Å². The zero-order chi connectivity index (χ0) is 30.2. The van der Waals surface area contributed by atoms with Gasteiger partial charge in [0.05, 0.1) is 17.8 Å². The van der Waals surface area contributed by atoms with Gasteiger partial charge in [0.25, 0.3) is 0 Å². The Bertz CT molecular complexity index is 1530. The maximum Gasteiger partial charge on any atom is 0.246 e. The summed E-state index contributed by atoms with van der Waals surface area (Å²) in [5, 5.41) is 1.89. The second-order valence-electron chi connectivity index (χ2n) is 10.4. The average Bonchev–Trinajstić information content (AvgIpc) is 3.01. The Labute approximate surface area is 267 Å². The van der Waals surface area contributed by atoms with E-state index in [0.29, 0.717) is 47.1 Å². The van der Waals surface area contributed by atoms with Gasteiger partial charge < -0.3 is 14.4 Å². The maximum atomic E-state index is 12.9. The first-order valence-electron chi connectivity index (χ1n) is 14.1. The molecular weight excluding hydrogens is 605 g/mol. The lowest BCUT2D eigenvalue weighted by Gasteiger charge is -2.34. The van der Waals surface area contributed by atoms with Crippen LogP contribution in [0.15, 0.2) is 85.1 Å². The summed E-state index contributed by atoms with van der Waals surface area (Å²) in [6.45, 7) is 6.29. The molecule has 0 spiro atoms. The van der Waals surface area contributed by atoms with Crippen LogP contribution in [-0.4, -0.2) is 53.5 Å². The Morgan fingerprint density at radius 1 is 0.884 bits per heavy atom. The topological polar surface area (TPSA) is 54.9 Å². The molecule has 0 saturated carbocycles. The lowest BCUT2D eigenvalue weighted by Crippen LogP contribution is -2.47. The number of hydrogen-bond donors (Lipinski definition) is 0. The minimum Gasteiger partial charge on any atom is -0.492 e. The Kier molecular flexibility index (Phi) is 10.6. The Morgan fingerprint density at radius 2 is 1.56 bits per heavy atom. The van der Waals surface area contributed by atoms with Gasteiger partial charge in [0, 0.05) is 61.3 Å². The van der Waals surface area contributed by atoms with Crippen molar-refractivity contribution in [1.82, 2.24) is 14.8 Å². The van der Waals surface area contributed by atoms with E-state index in [0.717, 1.165) is 47.8 Å². The molecule has 43 heavy (non-hydrogen) atoms. The van der Waals surface area contributed by atoms with Gasteiger partial charge in [0.1, 0.15) is 5.75 Å². The van der Waals surface area contributed by atoms with Crippen molar-refractivity contribution in [3.05, 3.63) is 122 Å². The first-order chi connectivity index (χ1) is 20.8. The van der Waals surface area contributed by atoms with E-state index in [9.17, 15) is 4.79 Å². The smallest absolute Gasteiger partial charge is 0.246 e. The predicted octanol–water partition coefficient (Wildman–Crippen LogP) is 8.12. The first kappa shape index (κ1) is 30.9. The van der Waals surface area contributed by atoms with Crippen molar-refractivity contribution in [1.29, 1.82) is 0 Å². The zero-order valence-corrected chi connectivity index (χ0v) is 26.1. The number of amides is 1. The Morgan fingerprint density at radius 3 is 2.19 bits per heavy atom. The lowest BCUT2D eigenvalue weighted by atomic mass is 10.1. The van der Waals surface area contributed by atoms with Gasteiger partial charge in [-0.2, -0.15) is 0 Å². The highest BCUT2D eigenvalue weighted by molar-refractivity contribution is 6.32. The van der Waals surface area contributed by atoms with Crippen molar-refractivity contribution in [3.8, 4) is 17.4 Å². The molecule has 1 aliphatic rings. The summed E-state index contributed by atoms with van der Waals surface area (Å²) in [7, 11) is 0. The minimum atomic E-state index is -0.0140. The molecule has 3 aromatic carbocycles. The third-order valence-electron chi connectivity index (χ3n) is 7.16. The van der Waals surface area contributed by atoms with Crippen LogP contribution in [-0.2, 0) is 17.8 Å². The quantitative estimate of drug-likeness (QED) is 0.165. The number of nitrogens with zero attached hydrogens (tertiary/aromatic N) is 3. The van der Waals surface area contributed by atoms with E-state index in [1.165, 1.54) is 5.56 Å². The number of benzene rings is 3. The molecule has 1 aromatic heterocycles. The summed E-state index contributed by atoms with van der Waals surface area (Å²) in [4.78, 5) is 21.4. The SMILES string of the molecule is Cc1cc(/C=C/C(=O)N2CCN(Cc3ccc(Cl)cc3)CC2)cc(Cl)c1Oc1ccc(OCCc2ccc(Cl)cc2)cn1. The van der Waals surface area contributed by atoms with Crippen LogP contribution in [0.3, 0.4) is 0 Å². The minimum absolute atomic E-state index is 0.0140. The van der Waals surface area contributed by atoms with Gasteiger partial charge in [-0.1, -0.05) is 59.1 Å². The molecule has 0 aliphatic carbocycles. The number of carbonyl (C=O) groups excluding carboxylic acids is 1. The average molecular weight is 637 g/mol. The molecule has 6 nitrogen and oxygen atoms in total. The molecule has 0 N–H and O–H groups in total. The molecule has 1 aliphatic heterocycles. The molecule has 1 saturated heterocycles. The fourth-order valence-electron chi connectivity index (χ4n) is 4.79. The molecular formula is C34H32Cl3N3O3. The fourth-order valence-corrected chi connectivity index (χ4v) is 5.35. The van der Waals surface area contributed by atoms with Gasteiger partial charge in [-0.05, 0) is 77.7 Å². The third-order valence-corrected chi connectivity index (χ3v) is 7.95. The van der Waals surface area contributed by atoms with E-state index < -0.39 is 0 Å². The summed E-state index contributed by atoms with van der Waals surface area (Å²) < 4.78 is 11.8. The molecule has 0 atom stereocenters. The van der Waals surface area contributed by atoms with Gasteiger partial charge in [-0.3, -0.25) is 9.69 Å². The van der Waals surface area contributed by atoms with Crippen LogP contribution in [0.5, 0.6) is 17.4 Å². The summed E-state index contributed by atoms with van der Waals surface area (Å²) in [5.41, 5.74) is 4.02. The van der Waals surface area contributed by atoms with Crippen molar-refractivity contribution in [3.63, 3.8) is 0 Å². The van der Waals surface area contributed by atoms with Gasteiger partial charge in [-0.15, -0.1) is 0 Å². The number of ether oxygens (including phenoxy) is 2. The Hall–Kier alpha value is -3.55.